The van der Waals surface area contributed by atoms with E-state index in [1.807, 2.05) is 30.0 Å². The molecule has 3 aromatic rings. The fourth-order valence-corrected chi connectivity index (χ4v) is 4.28. The van der Waals surface area contributed by atoms with Gasteiger partial charge in [0.15, 0.2) is 0 Å². The molecule has 0 bridgehead atoms. The number of aromatic nitrogens is 5. The number of ether oxygens (including phenoxy) is 1. The maximum atomic E-state index is 12.8. The summed E-state index contributed by atoms with van der Waals surface area (Å²) < 4.78 is 6.62. The van der Waals surface area contributed by atoms with Crippen LogP contribution in [0.1, 0.15) is 32.7 Å². The van der Waals surface area contributed by atoms with Crippen molar-refractivity contribution in [2.75, 3.05) is 32.7 Å². The number of rotatable bonds is 6. The molecule has 0 spiro atoms. The van der Waals surface area contributed by atoms with Gasteiger partial charge in [-0.05, 0) is 47.0 Å². The Bertz CT molecular complexity index is 1170. The third-order valence-electron chi connectivity index (χ3n) is 6.29. The second kappa shape index (κ2) is 9.07. The fourth-order valence-electron chi connectivity index (χ4n) is 4.28. The largest absolute Gasteiger partial charge is 0.457 e. The zero-order valence-corrected chi connectivity index (χ0v) is 18.5. The van der Waals surface area contributed by atoms with Crippen molar-refractivity contribution in [3.05, 3.63) is 64.7 Å². The number of hydrogen-bond donors (Lipinski definition) is 0. The van der Waals surface area contributed by atoms with Gasteiger partial charge in [-0.25, -0.2) is 4.79 Å². The molecule has 1 aromatic carbocycles. The summed E-state index contributed by atoms with van der Waals surface area (Å²) in [6.07, 6.45) is 4.40. The van der Waals surface area contributed by atoms with Crippen LogP contribution >= 0.6 is 0 Å². The van der Waals surface area contributed by atoms with Crippen LogP contribution in [-0.2, 0) is 29.0 Å². The lowest BCUT2D eigenvalue weighted by molar-refractivity contribution is -0.132. The van der Waals surface area contributed by atoms with Crippen LogP contribution in [0.5, 0.6) is 0 Å². The molecule has 0 unspecified atom stereocenters. The second-order valence-corrected chi connectivity index (χ2v) is 8.43. The van der Waals surface area contributed by atoms with Crippen molar-refractivity contribution in [2.45, 2.75) is 26.4 Å². The fraction of sp³-hybridized carbons (Fsp3) is 0.391. The van der Waals surface area contributed by atoms with E-state index in [0.717, 1.165) is 48.6 Å². The Morgan fingerprint density at radius 2 is 2.00 bits per heavy atom. The number of carbonyl (C=O) groups is 2. The average molecular weight is 447 g/mol. The number of esters is 1. The van der Waals surface area contributed by atoms with E-state index < -0.39 is 0 Å². The maximum Gasteiger partial charge on any atom is 0.338 e. The molecule has 1 saturated heterocycles. The van der Waals surface area contributed by atoms with Gasteiger partial charge in [-0.15, -0.1) is 5.10 Å². The number of cyclic esters (lactones) is 1. The molecule has 170 valence electrons. The Labute approximate surface area is 191 Å². The van der Waals surface area contributed by atoms with Crippen LogP contribution in [0.4, 0.5) is 0 Å². The number of nitrogens with zero attached hydrogens (tertiary/aromatic N) is 7. The number of benzene rings is 1. The predicted molar refractivity (Wildman–Crippen MR) is 118 cm³/mol. The van der Waals surface area contributed by atoms with Gasteiger partial charge in [-0.2, -0.15) is 4.68 Å². The number of piperazine rings is 1. The van der Waals surface area contributed by atoms with Crippen LogP contribution in [-0.4, -0.2) is 79.6 Å². The lowest BCUT2D eigenvalue weighted by Gasteiger charge is -2.34. The zero-order chi connectivity index (χ0) is 22.8. The van der Waals surface area contributed by atoms with E-state index >= 15 is 0 Å². The minimum absolute atomic E-state index is 0.101. The molecule has 0 atom stereocenters. The van der Waals surface area contributed by atoms with E-state index in [-0.39, 0.29) is 18.3 Å². The molecule has 33 heavy (non-hydrogen) atoms. The number of pyridine rings is 1. The quantitative estimate of drug-likeness (QED) is 0.515. The third kappa shape index (κ3) is 4.61. The van der Waals surface area contributed by atoms with E-state index in [4.69, 9.17) is 4.74 Å². The Balaban J connectivity index is 1.11. The molecule has 10 heteroatoms. The minimum atomic E-state index is -0.230. The van der Waals surface area contributed by atoms with Crippen LogP contribution in [0.25, 0.3) is 5.69 Å². The summed E-state index contributed by atoms with van der Waals surface area (Å²) in [6, 6.07) is 7.87. The minimum Gasteiger partial charge on any atom is -0.457 e. The standard InChI is InChI=1S/C23H25N7O3/c1-16-10-19(30-15-25-26-27-30)13-24-21(16)12-22(31)29-8-6-28(7-9-29)5-4-17-2-3-20-18(11-17)14-33-23(20)32/h2-3,10-11,13,15H,4-9,12,14H2,1H3. The number of fused-ring (bicyclic) bond motifs is 1. The first-order valence-corrected chi connectivity index (χ1v) is 11.0. The Morgan fingerprint density at radius 3 is 2.76 bits per heavy atom. The van der Waals surface area contributed by atoms with E-state index in [9.17, 15) is 9.59 Å². The molecule has 1 amide bonds. The van der Waals surface area contributed by atoms with Crippen molar-refractivity contribution in [1.82, 2.24) is 35.0 Å². The van der Waals surface area contributed by atoms with Crippen LogP contribution in [0.2, 0.25) is 0 Å². The SMILES string of the molecule is Cc1cc(-n2cnnn2)cnc1CC(=O)N1CCN(CCc2ccc3c(c2)COC3=O)CC1. The summed E-state index contributed by atoms with van der Waals surface area (Å²) >= 11 is 0. The highest BCUT2D eigenvalue weighted by molar-refractivity contribution is 5.93. The van der Waals surface area contributed by atoms with E-state index in [0.29, 0.717) is 25.3 Å². The summed E-state index contributed by atoms with van der Waals surface area (Å²) in [5.41, 5.74) is 5.35. The molecule has 10 nitrogen and oxygen atoms in total. The molecular formula is C23H25N7O3. The molecule has 0 N–H and O–H groups in total. The first kappa shape index (κ1) is 21.2. The molecule has 2 aliphatic heterocycles. The molecule has 2 aliphatic rings. The molecular weight excluding hydrogens is 422 g/mol. The van der Waals surface area contributed by atoms with Crippen molar-refractivity contribution in [3.8, 4) is 5.69 Å². The van der Waals surface area contributed by atoms with Gasteiger partial charge in [0.2, 0.25) is 5.91 Å². The Kier molecular flexibility index (Phi) is 5.82. The van der Waals surface area contributed by atoms with Gasteiger partial charge in [-0.3, -0.25) is 14.7 Å². The van der Waals surface area contributed by atoms with Crippen LogP contribution in [0.15, 0.2) is 36.8 Å². The van der Waals surface area contributed by atoms with Crippen molar-refractivity contribution >= 4 is 11.9 Å². The topological polar surface area (TPSA) is 106 Å². The average Bonchev–Trinajstić information content (AvgIpc) is 3.50. The Hall–Kier alpha value is -3.66. The first-order chi connectivity index (χ1) is 16.1. The number of amides is 1. The van der Waals surface area contributed by atoms with Crippen molar-refractivity contribution in [2.24, 2.45) is 0 Å². The van der Waals surface area contributed by atoms with Gasteiger partial charge >= 0.3 is 5.97 Å². The van der Waals surface area contributed by atoms with Gasteiger partial charge in [0, 0.05) is 38.3 Å². The molecule has 4 heterocycles. The molecule has 2 aromatic heterocycles. The highest BCUT2D eigenvalue weighted by Crippen LogP contribution is 2.21. The summed E-state index contributed by atoms with van der Waals surface area (Å²) in [5, 5.41) is 11.1. The van der Waals surface area contributed by atoms with Gasteiger partial charge in [0.25, 0.3) is 0 Å². The van der Waals surface area contributed by atoms with E-state index in [1.54, 1.807) is 10.9 Å². The van der Waals surface area contributed by atoms with E-state index in [1.165, 1.54) is 11.9 Å². The summed E-state index contributed by atoms with van der Waals surface area (Å²) in [7, 11) is 0. The van der Waals surface area contributed by atoms with Crippen molar-refractivity contribution in [3.63, 3.8) is 0 Å². The highest BCUT2D eigenvalue weighted by atomic mass is 16.5. The highest BCUT2D eigenvalue weighted by Gasteiger charge is 2.23. The van der Waals surface area contributed by atoms with Crippen LogP contribution in [0.3, 0.4) is 0 Å². The number of carbonyl (C=O) groups excluding carboxylic acids is 2. The molecule has 0 aliphatic carbocycles. The number of hydrogen-bond acceptors (Lipinski definition) is 8. The maximum absolute atomic E-state index is 12.8. The Morgan fingerprint density at radius 1 is 1.15 bits per heavy atom. The molecule has 0 saturated carbocycles. The van der Waals surface area contributed by atoms with Crippen molar-refractivity contribution in [1.29, 1.82) is 0 Å². The van der Waals surface area contributed by atoms with Crippen LogP contribution in [0, 0.1) is 6.92 Å². The lowest BCUT2D eigenvalue weighted by atomic mass is 10.0. The summed E-state index contributed by atoms with van der Waals surface area (Å²) in [4.78, 5) is 33.2. The zero-order valence-electron chi connectivity index (χ0n) is 18.5. The molecule has 5 rings (SSSR count). The van der Waals surface area contributed by atoms with Gasteiger partial charge in [-0.1, -0.05) is 12.1 Å². The molecule has 0 radical (unpaired) electrons. The van der Waals surface area contributed by atoms with Gasteiger partial charge < -0.3 is 9.64 Å². The lowest BCUT2D eigenvalue weighted by Crippen LogP contribution is -2.49. The van der Waals surface area contributed by atoms with Gasteiger partial charge in [0.1, 0.15) is 12.9 Å². The smallest absolute Gasteiger partial charge is 0.338 e. The third-order valence-corrected chi connectivity index (χ3v) is 6.29. The predicted octanol–water partition coefficient (Wildman–Crippen LogP) is 0.966. The number of tetrazole rings is 1. The number of aryl methyl sites for hydroxylation is 1. The van der Waals surface area contributed by atoms with Gasteiger partial charge in [0.05, 0.1) is 29.6 Å². The first-order valence-electron chi connectivity index (χ1n) is 11.0. The van der Waals surface area contributed by atoms with Crippen molar-refractivity contribution < 1.29 is 14.3 Å². The van der Waals surface area contributed by atoms with E-state index in [2.05, 4.69) is 31.5 Å². The summed E-state index contributed by atoms with van der Waals surface area (Å²) in [6.45, 7) is 6.38. The normalized spacial score (nSPS) is 16.0. The monoisotopic (exact) mass is 447 g/mol. The van der Waals surface area contributed by atoms with Crippen LogP contribution < -0.4 is 0 Å². The second-order valence-electron chi connectivity index (χ2n) is 8.43. The summed E-state index contributed by atoms with van der Waals surface area (Å²) in [5.74, 6) is -0.130. The molecule has 1 fully saturated rings.